The summed E-state index contributed by atoms with van der Waals surface area (Å²) < 4.78 is 24.3. The fraction of sp³-hybridized carbons (Fsp3) is 0.500. The van der Waals surface area contributed by atoms with Gasteiger partial charge in [0.1, 0.15) is 0 Å². The van der Waals surface area contributed by atoms with E-state index in [0.29, 0.717) is 13.0 Å². The summed E-state index contributed by atoms with van der Waals surface area (Å²) >= 11 is 0. The molecule has 0 aliphatic heterocycles. The zero-order valence-electron chi connectivity index (χ0n) is 10.2. The van der Waals surface area contributed by atoms with Crippen molar-refractivity contribution in [2.45, 2.75) is 19.4 Å². The first-order valence-corrected chi connectivity index (χ1v) is 7.41. The molecule has 1 aromatic rings. The Morgan fingerprint density at radius 1 is 1.29 bits per heavy atom. The predicted molar refractivity (Wildman–Crippen MR) is 68.2 cm³/mol. The second-order valence-corrected chi connectivity index (χ2v) is 6.19. The van der Waals surface area contributed by atoms with Crippen LogP contribution in [0.5, 0.6) is 0 Å². The molecule has 0 saturated heterocycles. The Hall–Kier alpha value is -0.910. The molecule has 0 fully saturated rings. The van der Waals surface area contributed by atoms with Crippen LogP contribution in [-0.4, -0.2) is 43.3 Å². The van der Waals surface area contributed by atoms with Crippen LogP contribution in [0, 0.1) is 0 Å². The van der Waals surface area contributed by atoms with Crippen molar-refractivity contribution in [3.8, 4) is 0 Å². The highest BCUT2D eigenvalue weighted by Crippen LogP contribution is 2.05. The van der Waals surface area contributed by atoms with E-state index in [9.17, 15) is 13.5 Å². The van der Waals surface area contributed by atoms with Crippen molar-refractivity contribution in [1.29, 1.82) is 0 Å². The average molecular weight is 257 g/mol. The molecule has 0 aliphatic carbocycles. The minimum atomic E-state index is -3.26. The smallest absolute Gasteiger partial charge is 0.211 e. The summed E-state index contributed by atoms with van der Waals surface area (Å²) in [5, 5.41) is 9.28. The number of hydrogen-bond donors (Lipinski definition) is 1. The molecule has 0 spiro atoms. The van der Waals surface area contributed by atoms with Gasteiger partial charge in [0.05, 0.1) is 12.4 Å². The molecule has 0 aromatic heterocycles. The molecule has 0 aliphatic rings. The third-order valence-electron chi connectivity index (χ3n) is 2.43. The Bertz CT molecular complexity index is 428. The van der Waals surface area contributed by atoms with E-state index < -0.39 is 16.1 Å². The molecule has 0 bridgehead atoms. The molecular formula is C12H19NO3S. The molecule has 1 rings (SSSR count). The van der Waals surface area contributed by atoms with E-state index in [0.717, 1.165) is 5.56 Å². The summed E-state index contributed by atoms with van der Waals surface area (Å²) in [5.41, 5.74) is 1.09. The molecular weight excluding hydrogens is 238 g/mol. The standard InChI is InChI=1S/C12H19NO3S/c1-11(14)10-13(17(2,15)16)9-8-12-6-4-3-5-7-12/h3-7,11,14H,8-10H2,1-2H3. The van der Waals surface area contributed by atoms with E-state index in [-0.39, 0.29) is 6.54 Å². The van der Waals surface area contributed by atoms with Crippen LogP contribution in [0.2, 0.25) is 0 Å². The zero-order valence-corrected chi connectivity index (χ0v) is 11.0. The molecule has 0 saturated carbocycles. The van der Waals surface area contributed by atoms with Gasteiger partial charge in [-0.1, -0.05) is 30.3 Å². The summed E-state index contributed by atoms with van der Waals surface area (Å²) in [4.78, 5) is 0. The van der Waals surface area contributed by atoms with Gasteiger partial charge in [-0.2, -0.15) is 4.31 Å². The minimum Gasteiger partial charge on any atom is -0.392 e. The fourth-order valence-corrected chi connectivity index (χ4v) is 2.50. The maximum Gasteiger partial charge on any atom is 0.211 e. The van der Waals surface area contributed by atoms with Crippen LogP contribution in [0.1, 0.15) is 12.5 Å². The van der Waals surface area contributed by atoms with Gasteiger partial charge in [0.25, 0.3) is 0 Å². The molecule has 0 radical (unpaired) electrons. The lowest BCUT2D eigenvalue weighted by Gasteiger charge is -2.21. The van der Waals surface area contributed by atoms with Crippen LogP contribution in [0.4, 0.5) is 0 Å². The fourth-order valence-electron chi connectivity index (χ4n) is 1.59. The molecule has 17 heavy (non-hydrogen) atoms. The van der Waals surface area contributed by atoms with Gasteiger partial charge >= 0.3 is 0 Å². The van der Waals surface area contributed by atoms with Gasteiger partial charge in [-0.05, 0) is 18.9 Å². The van der Waals surface area contributed by atoms with Gasteiger partial charge in [0, 0.05) is 13.1 Å². The van der Waals surface area contributed by atoms with Gasteiger partial charge in [0.2, 0.25) is 10.0 Å². The van der Waals surface area contributed by atoms with Gasteiger partial charge in [0.15, 0.2) is 0 Å². The molecule has 1 atom stereocenters. The van der Waals surface area contributed by atoms with Crippen LogP contribution in [0.15, 0.2) is 30.3 Å². The number of rotatable bonds is 6. The van der Waals surface area contributed by atoms with E-state index >= 15 is 0 Å². The highest BCUT2D eigenvalue weighted by molar-refractivity contribution is 7.88. The maximum atomic E-state index is 11.5. The first kappa shape index (κ1) is 14.2. The first-order chi connectivity index (χ1) is 7.89. The second kappa shape index (κ2) is 6.14. The van der Waals surface area contributed by atoms with Gasteiger partial charge < -0.3 is 5.11 Å². The molecule has 1 aromatic carbocycles. The first-order valence-electron chi connectivity index (χ1n) is 5.56. The number of aliphatic hydroxyl groups excluding tert-OH is 1. The SMILES string of the molecule is CC(O)CN(CCc1ccccc1)S(C)(=O)=O. The Morgan fingerprint density at radius 3 is 2.35 bits per heavy atom. The van der Waals surface area contributed by atoms with Crippen LogP contribution >= 0.6 is 0 Å². The largest absolute Gasteiger partial charge is 0.392 e. The lowest BCUT2D eigenvalue weighted by Crippen LogP contribution is -2.37. The van der Waals surface area contributed by atoms with Crippen molar-refractivity contribution in [2.75, 3.05) is 19.3 Å². The van der Waals surface area contributed by atoms with E-state index in [1.165, 1.54) is 10.6 Å². The number of nitrogens with zero attached hydrogens (tertiary/aromatic N) is 1. The number of benzene rings is 1. The topological polar surface area (TPSA) is 57.6 Å². The Kier molecular flexibility index (Phi) is 5.11. The maximum absolute atomic E-state index is 11.5. The van der Waals surface area contributed by atoms with Crippen molar-refractivity contribution < 1.29 is 13.5 Å². The Labute approximate surface area is 103 Å². The highest BCUT2D eigenvalue weighted by Gasteiger charge is 2.17. The van der Waals surface area contributed by atoms with E-state index in [2.05, 4.69) is 0 Å². The number of sulfonamides is 1. The lowest BCUT2D eigenvalue weighted by atomic mass is 10.1. The summed E-state index contributed by atoms with van der Waals surface area (Å²) in [6.45, 7) is 2.13. The van der Waals surface area contributed by atoms with Gasteiger partial charge in [-0.3, -0.25) is 0 Å². The van der Waals surface area contributed by atoms with Crippen molar-refractivity contribution in [2.24, 2.45) is 0 Å². The van der Waals surface area contributed by atoms with Crippen LogP contribution in [0.25, 0.3) is 0 Å². The second-order valence-electron chi connectivity index (χ2n) is 4.21. The Balaban J connectivity index is 2.62. The summed E-state index contributed by atoms with van der Waals surface area (Å²) in [6, 6.07) is 9.70. The molecule has 0 amide bonds. The van der Waals surface area contributed by atoms with Crippen molar-refractivity contribution in [3.63, 3.8) is 0 Å². The van der Waals surface area contributed by atoms with Gasteiger partial charge in [-0.15, -0.1) is 0 Å². The minimum absolute atomic E-state index is 0.145. The zero-order chi connectivity index (χ0) is 12.9. The summed E-state index contributed by atoms with van der Waals surface area (Å²) in [5.74, 6) is 0. The molecule has 5 heteroatoms. The van der Waals surface area contributed by atoms with E-state index in [1.54, 1.807) is 6.92 Å². The molecule has 4 nitrogen and oxygen atoms in total. The third kappa shape index (κ3) is 5.30. The molecule has 96 valence electrons. The van der Waals surface area contributed by atoms with Crippen LogP contribution in [-0.2, 0) is 16.4 Å². The van der Waals surface area contributed by atoms with E-state index in [4.69, 9.17) is 0 Å². The third-order valence-corrected chi connectivity index (χ3v) is 3.70. The lowest BCUT2D eigenvalue weighted by molar-refractivity contribution is 0.164. The van der Waals surface area contributed by atoms with E-state index in [1.807, 2.05) is 30.3 Å². The quantitative estimate of drug-likeness (QED) is 0.822. The van der Waals surface area contributed by atoms with Gasteiger partial charge in [-0.25, -0.2) is 8.42 Å². The van der Waals surface area contributed by atoms with Crippen LogP contribution in [0.3, 0.4) is 0 Å². The predicted octanol–water partition coefficient (Wildman–Crippen LogP) is 0.872. The highest BCUT2D eigenvalue weighted by atomic mass is 32.2. The monoisotopic (exact) mass is 257 g/mol. The van der Waals surface area contributed by atoms with Crippen LogP contribution < -0.4 is 0 Å². The Morgan fingerprint density at radius 2 is 1.88 bits per heavy atom. The molecule has 1 unspecified atom stereocenters. The normalized spacial score (nSPS) is 13.9. The summed E-state index contributed by atoms with van der Waals surface area (Å²) in [7, 11) is -3.26. The molecule has 0 heterocycles. The average Bonchev–Trinajstić information content (AvgIpc) is 2.23. The summed E-state index contributed by atoms with van der Waals surface area (Å²) in [6.07, 6.45) is 1.17. The number of aliphatic hydroxyl groups is 1. The molecule has 1 N–H and O–H groups in total. The van der Waals surface area contributed by atoms with Crippen molar-refractivity contribution in [3.05, 3.63) is 35.9 Å². The van der Waals surface area contributed by atoms with Crippen molar-refractivity contribution in [1.82, 2.24) is 4.31 Å². The number of hydrogen-bond acceptors (Lipinski definition) is 3. The van der Waals surface area contributed by atoms with Crippen molar-refractivity contribution >= 4 is 10.0 Å².